The van der Waals surface area contributed by atoms with Crippen LogP contribution in [0, 0.1) is 0 Å². The lowest BCUT2D eigenvalue weighted by Gasteiger charge is -2.19. The average Bonchev–Trinajstić information content (AvgIpc) is 2.73. The lowest BCUT2D eigenvalue weighted by Crippen LogP contribution is -2.26. The van der Waals surface area contributed by atoms with E-state index in [9.17, 15) is 0 Å². The van der Waals surface area contributed by atoms with Crippen LogP contribution in [-0.4, -0.2) is 23.1 Å². The summed E-state index contributed by atoms with van der Waals surface area (Å²) in [4.78, 5) is 8.59. The maximum absolute atomic E-state index is 5.66. The summed E-state index contributed by atoms with van der Waals surface area (Å²) in [6.07, 6.45) is 3.74. The minimum atomic E-state index is 0.414. The Hall–Kier alpha value is -1.62. The predicted molar refractivity (Wildman–Crippen MR) is 61.1 cm³/mol. The fourth-order valence-corrected chi connectivity index (χ4v) is 2.10. The first-order valence-corrected chi connectivity index (χ1v) is 5.55. The number of piperidine rings is 1. The number of aromatic nitrogens is 2. The molecular formula is C11H14N4O. The molecule has 84 valence electrons. The van der Waals surface area contributed by atoms with Crippen LogP contribution in [0.3, 0.4) is 0 Å². The summed E-state index contributed by atoms with van der Waals surface area (Å²) in [5.41, 5.74) is 7.62. The molecule has 1 aliphatic heterocycles. The summed E-state index contributed by atoms with van der Waals surface area (Å²) in [7, 11) is 0. The standard InChI is InChI=1S/C11H14N4O/c12-8-5-9-11(14-6-8)16-10(15-9)7-1-3-13-4-2-7/h5-7,13H,1-4,12H2. The predicted octanol–water partition coefficient (Wildman–Crippen LogP) is 1.27. The molecule has 0 bridgehead atoms. The lowest BCUT2D eigenvalue weighted by molar-refractivity contribution is 0.383. The zero-order valence-corrected chi connectivity index (χ0v) is 8.94. The van der Waals surface area contributed by atoms with Gasteiger partial charge in [0.25, 0.3) is 0 Å². The summed E-state index contributed by atoms with van der Waals surface area (Å²) in [6.45, 7) is 2.05. The van der Waals surface area contributed by atoms with Gasteiger partial charge in [0.15, 0.2) is 0 Å². The molecule has 16 heavy (non-hydrogen) atoms. The minimum absolute atomic E-state index is 0.414. The first kappa shape index (κ1) is 9.59. The van der Waals surface area contributed by atoms with Crippen LogP contribution in [0.15, 0.2) is 16.7 Å². The van der Waals surface area contributed by atoms with Crippen molar-refractivity contribution in [1.82, 2.24) is 15.3 Å². The summed E-state index contributed by atoms with van der Waals surface area (Å²) >= 11 is 0. The van der Waals surface area contributed by atoms with Crippen LogP contribution in [0.5, 0.6) is 0 Å². The van der Waals surface area contributed by atoms with E-state index in [1.165, 1.54) is 0 Å². The average molecular weight is 218 g/mol. The van der Waals surface area contributed by atoms with Gasteiger partial charge in [0.05, 0.1) is 11.9 Å². The van der Waals surface area contributed by atoms with Gasteiger partial charge in [-0.1, -0.05) is 0 Å². The van der Waals surface area contributed by atoms with Gasteiger partial charge in [-0.15, -0.1) is 0 Å². The second-order valence-corrected chi connectivity index (χ2v) is 4.17. The Morgan fingerprint density at radius 1 is 1.38 bits per heavy atom. The molecule has 0 atom stereocenters. The highest BCUT2D eigenvalue weighted by Gasteiger charge is 2.20. The number of hydrogen-bond acceptors (Lipinski definition) is 5. The van der Waals surface area contributed by atoms with Crippen molar-refractivity contribution in [2.45, 2.75) is 18.8 Å². The van der Waals surface area contributed by atoms with E-state index in [4.69, 9.17) is 10.2 Å². The molecule has 0 saturated carbocycles. The van der Waals surface area contributed by atoms with Gasteiger partial charge in [-0.05, 0) is 32.0 Å². The van der Waals surface area contributed by atoms with Crippen LogP contribution >= 0.6 is 0 Å². The molecule has 0 radical (unpaired) electrons. The zero-order valence-electron chi connectivity index (χ0n) is 8.94. The first-order valence-electron chi connectivity index (χ1n) is 5.55. The van der Waals surface area contributed by atoms with Crippen molar-refractivity contribution in [3.05, 3.63) is 18.2 Å². The molecular weight excluding hydrogens is 204 g/mol. The van der Waals surface area contributed by atoms with Crippen molar-refractivity contribution < 1.29 is 4.42 Å². The Morgan fingerprint density at radius 2 is 2.19 bits per heavy atom. The number of nitrogens with two attached hydrogens (primary N) is 1. The maximum atomic E-state index is 5.66. The number of nitrogens with one attached hydrogen (secondary N) is 1. The van der Waals surface area contributed by atoms with Crippen molar-refractivity contribution in [2.75, 3.05) is 18.8 Å². The Balaban J connectivity index is 1.97. The van der Waals surface area contributed by atoms with E-state index in [2.05, 4.69) is 15.3 Å². The Bertz CT molecular complexity index is 502. The van der Waals surface area contributed by atoms with Gasteiger partial charge in [-0.3, -0.25) is 0 Å². The Morgan fingerprint density at radius 3 is 3.00 bits per heavy atom. The number of anilines is 1. The molecule has 0 aromatic carbocycles. The van der Waals surface area contributed by atoms with Crippen LogP contribution in [0.1, 0.15) is 24.7 Å². The molecule has 2 aromatic rings. The van der Waals surface area contributed by atoms with E-state index < -0.39 is 0 Å². The number of fused-ring (bicyclic) bond motifs is 1. The van der Waals surface area contributed by atoms with Crippen LogP contribution in [0.2, 0.25) is 0 Å². The van der Waals surface area contributed by atoms with Gasteiger partial charge in [-0.2, -0.15) is 0 Å². The summed E-state index contributed by atoms with van der Waals surface area (Å²) < 4.78 is 5.66. The van der Waals surface area contributed by atoms with Gasteiger partial charge in [0.1, 0.15) is 5.52 Å². The third-order valence-corrected chi connectivity index (χ3v) is 2.97. The normalized spacial score (nSPS) is 18.0. The number of oxazole rings is 1. The fourth-order valence-electron chi connectivity index (χ4n) is 2.10. The highest BCUT2D eigenvalue weighted by atomic mass is 16.4. The monoisotopic (exact) mass is 218 g/mol. The largest absolute Gasteiger partial charge is 0.422 e. The van der Waals surface area contributed by atoms with Crippen molar-refractivity contribution in [3.8, 4) is 0 Å². The van der Waals surface area contributed by atoms with Gasteiger partial charge >= 0.3 is 0 Å². The topological polar surface area (TPSA) is 77.0 Å². The van der Waals surface area contributed by atoms with E-state index in [-0.39, 0.29) is 0 Å². The van der Waals surface area contributed by atoms with Crippen molar-refractivity contribution in [1.29, 1.82) is 0 Å². The number of pyridine rings is 1. The molecule has 0 spiro atoms. The summed E-state index contributed by atoms with van der Waals surface area (Å²) in [5, 5.41) is 3.32. The molecule has 3 heterocycles. The van der Waals surface area contributed by atoms with Crippen LogP contribution in [0.25, 0.3) is 11.2 Å². The van der Waals surface area contributed by atoms with Crippen molar-refractivity contribution in [3.63, 3.8) is 0 Å². The van der Waals surface area contributed by atoms with E-state index in [1.54, 1.807) is 12.3 Å². The maximum Gasteiger partial charge on any atom is 0.247 e. The smallest absolute Gasteiger partial charge is 0.247 e. The van der Waals surface area contributed by atoms with Gasteiger partial charge < -0.3 is 15.5 Å². The van der Waals surface area contributed by atoms with Crippen molar-refractivity contribution in [2.24, 2.45) is 0 Å². The Kier molecular flexibility index (Phi) is 2.25. The molecule has 0 amide bonds. The van der Waals surface area contributed by atoms with E-state index in [0.717, 1.165) is 37.3 Å². The zero-order chi connectivity index (χ0) is 11.0. The number of hydrogen-bond donors (Lipinski definition) is 2. The van der Waals surface area contributed by atoms with Crippen molar-refractivity contribution >= 4 is 16.9 Å². The lowest BCUT2D eigenvalue weighted by atomic mass is 9.98. The molecule has 5 nitrogen and oxygen atoms in total. The molecule has 5 heteroatoms. The molecule has 3 N–H and O–H groups in total. The molecule has 2 aromatic heterocycles. The van der Waals surface area contributed by atoms with E-state index in [0.29, 0.717) is 17.3 Å². The fraction of sp³-hybridized carbons (Fsp3) is 0.455. The molecule has 1 aliphatic rings. The number of nitrogen functional groups attached to an aromatic ring is 1. The van der Waals surface area contributed by atoms with Crippen LogP contribution in [0.4, 0.5) is 5.69 Å². The third-order valence-electron chi connectivity index (χ3n) is 2.97. The molecule has 0 unspecified atom stereocenters. The van der Waals surface area contributed by atoms with Crippen LogP contribution in [-0.2, 0) is 0 Å². The second-order valence-electron chi connectivity index (χ2n) is 4.17. The third kappa shape index (κ3) is 1.63. The molecule has 1 saturated heterocycles. The van der Waals surface area contributed by atoms with E-state index in [1.807, 2.05) is 0 Å². The SMILES string of the molecule is Nc1cnc2oc(C3CCNCC3)nc2c1. The summed E-state index contributed by atoms with van der Waals surface area (Å²) in [5.74, 6) is 1.21. The molecule has 0 aliphatic carbocycles. The quantitative estimate of drug-likeness (QED) is 0.753. The minimum Gasteiger partial charge on any atom is -0.422 e. The van der Waals surface area contributed by atoms with E-state index >= 15 is 0 Å². The first-order chi connectivity index (χ1) is 7.83. The second kappa shape index (κ2) is 3.75. The highest BCUT2D eigenvalue weighted by molar-refractivity contribution is 5.71. The van der Waals surface area contributed by atoms with Gasteiger partial charge in [-0.25, -0.2) is 9.97 Å². The Labute approximate surface area is 93.1 Å². The van der Waals surface area contributed by atoms with Gasteiger partial charge in [0.2, 0.25) is 11.6 Å². The highest BCUT2D eigenvalue weighted by Crippen LogP contribution is 2.27. The van der Waals surface area contributed by atoms with Crippen LogP contribution < -0.4 is 11.1 Å². The molecule has 1 fully saturated rings. The number of nitrogens with zero attached hydrogens (tertiary/aromatic N) is 2. The number of rotatable bonds is 1. The summed E-state index contributed by atoms with van der Waals surface area (Å²) in [6, 6.07) is 1.80. The van der Waals surface area contributed by atoms with Gasteiger partial charge in [0, 0.05) is 5.92 Å². The molecule has 3 rings (SSSR count).